The third-order valence-electron chi connectivity index (χ3n) is 3.03. The number of anilines is 1. The van der Waals surface area contributed by atoms with Gasteiger partial charge in [-0.3, -0.25) is 14.9 Å². The molecule has 0 heterocycles. The minimum atomic E-state index is -0.440. The topological polar surface area (TPSA) is 63.5 Å². The van der Waals surface area contributed by atoms with E-state index in [1.165, 1.54) is 13.0 Å². The van der Waals surface area contributed by atoms with Gasteiger partial charge in [-0.15, -0.1) is 0 Å². The van der Waals surface area contributed by atoms with Crippen molar-refractivity contribution in [1.82, 2.24) is 0 Å². The number of thioether (sulfide) groups is 1. The number of carbonyl (C=O) groups is 1. The number of nitro groups is 1. The summed E-state index contributed by atoms with van der Waals surface area (Å²) >= 11 is 1.69. The maximum absolute atomic E-state index is 11.3. The van der Waals surface area contributed by atoms with Gasteiger partial charge in [-0.2, -0.15) is 11.8 Å². The van der Waals surface area contributed by atoms with Gasteiger partial charge < -0.3 is 4.90 Å². The zero-order chi connectivity index (χ0) is 14.6. The second-order valence-corrected chi connectivity index (χ2v) is 5.34. The van der Waals surface area contributed by atoms with Crippen LogP contribution in [0, 0.1) is 10.1 Å². The SMILES string of the molecule is CSCC(C)N(C)c1ccc(C(C)=O)cc1[N+](=O)[O-]. The summed E-state index contributed by atoms with van der Waals surface area (Å²) in [6, 6.07) is 4.80. The van der Waals surface area contributed by atoms with Crippen molar-refractivity contribution >= 4 is 28.9 Å². The normalized spacial score (nSPS) is 12.0. The maximum Gasteiger partial charge on any atom is 0.293 e. The lowest BCUT2D eigenvalue weighted by atomic mass is 10.1. The Bertz CT molecular complexity index is 491. The van der Waals surface area contributed by atoms with Gasteiger partial charge in [-0.25, -0.2) is 0 Å². The molecule has 0 fully saturated rings. The van der Waals surface area contributed by atoms with E-state index in [4.69, 9.17) is 0 Å². The molecule has 19 heavy (non-hydrogen) atoms. The van der Waals surface area contributed by atoms with Gasteiger partial charge in [-0.1, -0.05) is 0 Å². The van der Waals surface area contributed by atoms with E-state index in [1.807, 2.05) is 25.1 Å². The van der Waals surface area contributed by atoms with E-state index in [-0.39, 0.29) is 17.5 Å². The Morgan fingerprint density at radius 1 is 1.53 bits per heavy atom. The van der Waals surface area contributed by atoms with Crippen molar-refractivity contribution in [2.75, 3.05) is 24.0 Å². The molecule has 0 amide bonds. The lowest BCUT2D eigenvalue weighted by Gasteiger charge is -2.26. The monoisotopic (exact) mass is 282 g/mol. The first kappa shape index (κ1) is 15.5. The van der Waals surface area contributed by atoms with Crippen molar-refractivity contribution in [3.8, 4) is 0 Å². The smallest absolute Gasteiger partial charge is 0.293 e. The summed E-state index contributed by atoms with van der Waals surface area (Å²) < 4.78 is 0. The van der Waals surface area contributed by atoms with Crippen LogP contribution in [-0.2, 0) is 0 Å². The standard InChI is InChI=1S/C13H18N2O3S/c1-9(8-19-4)14(3)12-6-5-11(10(2)16)7-13(12)15(17)18/h5-7,9H,8H2,1-4H3. The van der Waals surface area contributed by atoms with Crippen LogP contribution in [0.3, 0.4) is 0 Å². The summed E-state index contributed by atoms with van der Waals surface area (Å²) in [5.74, 6) is 0.705. The van der Waals surface area contributed by atoms with Crippen molar-refractivity contribution in [2.45, 2.75) is 19.9 Å². The largest absolute Gasteiger partial charge is 0.366 e. The minimum absolute atomic E-state index is 0.0249. The van der Waals surface area contributed by atoms with Crippen LogP contribution in [0.5, 0.6) is 0 Å². The predicted molar refractivity (Wildman–Crippen MR) is 79.3 cm³/mol. The number of nitro benzene ring substituents is 1. The van der Waals surface area contributed by atoms with Gasteiger partial charge in [0.25, 0.3) is 5.69 Å². The molecule has 104 valence electrons. The van der Waals surface area contributed by atoms with Crippen molar-refractivity contribution in [3.63, 3.8) is 0 Å². The van der Waals surface area contributed by atoms with Crippen LogP contribution in [0.4, 0.5) is 11.4 Å². The molecule has 6 heteroatoms. The highest BCUT2D eigenvalue weighted by Gasteiger charge is 2.21. The van der Waals surface area contributed by atoms with Crippen LogP contribution in [0.15, 0.2) is 18.2 Å². The molecule has 1 aromatic carbocycles. The average molecular weight is 282 g/mol. The summed E-state index contributed by atoms with van der Waals surface area (Å²) in [6.07, 6.45) is 2.00. The fraction of sp³-hybridized carbons (Fsp3) is 0.462. The fourth-order valence-electron chi connectivity index (χ4n) is 1.78. The molecule has 1 rings (SSSR count). The zero-order valence-electron chi connectivity index (χ0n) is 11.5. The Kier molecular flexibility index (Phi) is 5.35. The molecule has 1 unspecified atom stereocenters. The van der Waals surface area contributed by atoms with E-state index >= 15 is 0 Å². The summed E-state index contributed by atoms with van der Waals surface area (Å²) in [4.78, 5) is 23.9. The number of benzene rings is 1. The van der Waals surface area contributed by atoms with Crippen molar-refractivity contribution in [2.24, 2.45) is 0 Å². The molecular weight excluding hydrogens is 264 g/mol. The Balaban J connectivity index is 3.20. The number of hydrogen-bond donors (Lipinski definition) is 0. The van der Waals surface area contributed by atoms with Gasteiger partial charge in [-0.05, 0) is 32.2 Å². The second-order valence-electron chi connectivity index (χ2n) is 4.43. The second kappa shape index (κ2) is 6.56. The molecule has 0 aliphatic heterocycles. The van der Waals surface area contributed by atoms with E-state index in [0.29, 0.717) is 11.3 Å². The highest BCUT2D eigenvalue weighted by atomic mass is 32.2. The van der Waals surface area contributed by atoms with Gasteiger partial charge in [0.15, 0.2) is 5.78 Å². The average Bonchev–Trinajstić information content (AvgIpc) is 2.37. The zero-order valence-corrected chi connectivity index (χ0v) is 12.4. The van der Waals surface area contributed by atoms with Gasteiger partial charge in [0.1, 0.15) is 5.69 Å². The van der Waals surface area contributed by atoms with Crippen LogP contribution < -0.4 is 4.90 Å². The summed E-state index contributed by atoms with van der Waals surface area (Å²) in [5.41, 5.74) is 0.876. The number of hydrogen-bond acceptors (Lipinski definition) is 5. The molecular formula is C13H18N2O3S. The number of ketones is 1. The van der Waals surface area contributed by atoms with E-state index < -0.39 is 4.92 Å². The Labute approximate surface area is 117 Å². The van der Waals surface area contributed by atoms with E-state index in [9.17, 15) is 14.9 Å². The molecule has 0 bridgehead atoms. The number of rotatable bonds is 6. The van der Waals surface area contributed by atoms with Gasteiger partial charge in [0.05, 0.1) is 4.92 Å². The van der Waals surface area contributed by atoms with E-state index in [1.54, 1.807) is 23.9 Å². The third-order valence-corrected chi connectivity index (χ3v) is 3.84. The summed E-state index contributed by atoms with van der Waals surface area (Å²) in [6.45, 7) is 3.41. The van der Waals surface area contributed by atoms with Gasteiger partial charge in [0.2, 0.25) is 0 Å². The number of Topliss-reactive ketones (excluding diaryl/α,β-unsaturated/α-hetero) is 1. The summed E-state index contributed by atoms with van der Waals surface area (Å²) in [5, 5.41) is 11.1. The van der Waals surface area contributed by atoms with Gasteiger partial charge in [0, 0.05) is 30.5 Å². The molecule has 1 atom stereocenters. The van der Waals surface area contributed by atoms with Crippen LogP contribution in [0.25, 0.3) is 0 Å². The van der Waals surface area contributed by atoms with Crippen molar-refractivity contribution in [3.05, 3.63) is 33.9 Å². The number of nitrogens with zero attached hydrogens (tertiary/aromatic N) is 2. The molecule has 0 N–H and O–H groups in total. The number of carbonyl (C=O) groups excluding carboxylic acids is 1. The Hall–Kier alpha value is -1.56. The predicted octanol–water partition coefficient (Wildman–Crippen LogP) is 2.99. The van der Waals surface area contributed by atoms with Crippen molar-refractivity contribution < 1.29 is 9.72 Å². The molecule has 0 aliphatic rings. The molecule has 0 aromatic heterocycles. The molecule has 0 saturated carbocycles. The fourth-order valence-corrected chi connectivity index (χ4v) is 2.48. The molecule has 0 saturated heterocycles. The first-order chi connectivity index (χ1) is 8.88. The highest BCUT2D eigenvalue weighted by molar-refractivity contribution is 7.98. The third kappa shape index (κ3) is 3.70. The van der Waals surface area contributed by atoms with Crippen LogP contribution in [0.2, 0.25) is 0 Å². The van der Waals surface area contributed by atoms with Crippen LogP contribution in [-0.4, -0.2) is 35.8 Å². The molecule has 0 spiro atoms. The quantitative estimate of drug-likeness (QED) is 0.456. The molecule has 5 nitrogen and oxygen atoms in total. The summed E-state index contributed by atoms with van der Waals surface area (Å²) in [7, 11) is 1.83. The first-order valence-corrected chi connectivity index (χ1v) is 7.29. The lowest BCUT2D eigenvalue weighted by molar-refractivity contribution is -0.384. The molecule has 0 radical (unpaired) electrons. The maximum atomic E-state index is 11.3. The van der Waals surface area contributed by atoms with E-state index in [0.717, 1.165) is 5.75 Å². The Morgan fingerprint density at radius 2 is 2.16 bits per heavy atom. The van der Waals surface area contributed by atoms with Gasteiger partial charge >= 0.3 is 0 Å². The van der Waals surface area contributed by atoms with E-state index in [2.05, 4.69) is 0 Å². The van der Waals surface area contributed by atoms with Crippen LogP contribution in [0.1, 0.15) is 24.2 Å². The Morgan fingerprint density at radius 3 is 2.63 bits per heavy atom. The highest BCUT2D eigenvalue weighted by Crippen LogP contribution is 2.30. The molecule has 0 aliphatic carbocycles. The van der Waals surface area contributed by atoms with Crippen molar-refractivity contribution in [1.29, 1.82) is 0 Å². The lowest BCUT2D eigenvalue weighted by Crippen LogP contribution is -2.31. The van der Waals surface area contributed by atoms with Crippen LogP contribution >= 0.6 is 11.8 Å². The molecule has 1 aromatic rings. The first-order valence-electron chi connectivity index (χ1n) is 5.89. The minimum Gasteiger partial charge on any atom is -0.366 e.